The standard InChI is InChI=1S/C12H17NO2S/c14-11(8-12(15)5-1-2-6-12)13-9-10-4-3-7-16-10/h3-4,7,15H,1-2,5-6,8-9H2,(H,13,14). The monoisotopic (exact) mass is 239 g/mol. The molecule has 0 radical (unpaired) electrons. The molecule has 0 unspecified atom stereocenters. The average Bonchev–Trinajstić information content (AvgIpc) is 2.86. The third-order valence-corrected chi connectivity index (χ3v) is 3.94. The van der Waals surface area contributed by atoms with Crippen LogP contribution in [0.25, 0.3) is 0 Å². The third-order valence-electron chi connectivity index (χ3n) is 3.06. The number of aliphatic hydroxyl groups is 1. The molecule has 0 aliphatic heterocycles. The largest absolute Gasteiger partial charge is 0.389 e. The van der Waals surface area contributed by atoms with Gasteiger partial charge in [0.2, 0.25) is 5.91 Å². The van der Waals surface area contributed by atoms with Crippen molar-refractivity contribution in [3.63, 3.8) is 0 Å². The molecule has 88 valence electrons. The first kappa shape index (κ1) is 11.6. The van der Waals surface area contributed by atoms with Crippen LogP contribution in [0.5, 0.6) is 0 Å². The molecule has 1 fully saturated rings. The molecule has 0 bridgehead atoms. The van der Waals surface area contributed by atoms with E-state index in [4.69, 9.17) is 0 Å². The Balaban J connectivity index is 1.76. The molecule has 1 heterocycles. The van der Waals surface area contributed by atoms with E-state index in [2.05, 4.69) is 5.32 Å². The number of rotatable bonds is 4. The van der Waals surface area contributed by atoms with Crippen molar-refractivity contribution < 1.29 is 9.90 Å². The van der Waals surface area contributed by atoms with Crippen molar-refractivity contribution in [1.29, 1.82) is 0 Å². The molecule has 2 N–H and O–H groups in total. The Hall–Kier alpha value is -0.870. The molecular weight excluding hydrogens is 222 g/mol. The van der Waals surface area contributed by atoms with E-state index in [1.165, 1.54) is 0 Å². The van der Waals surface area contributed by atoms with Gasteiger partial charge >= 0.3 is 0 Å². The van der Waals surface area contributed by atoms with Crippen molar-refractivity contribution in [3.8, 4) is 0 Å². The highest BCUT2D eigenvalue weighted by atomic mass is 32.1. The molecule has 2 rings (SSSR count). The maximum atomic E-state index is 11.6. The predicted molar refractivity (Wildman–Crippen MR) is 64.2 cm³/mol. The fourth-order valence-corrected chi connectivity index (χ4v) is 2.81. The van der Waals surface area contributed by atoms with E-state index >= 15 is 0 Å². The highest BCUT2D eigenvalue weighted by Gasteiger charge is 2.33. The highest BCUT2D eigenvalue weighted by Crippen LogP contribution is 2.32. The van der Waals surface area contributed by atoms with E-state index in [0.29, 0.717) is 6.54 Å². The maximum absolute atomic E-state index is 11.6. The summed E-state index contributed by atoms with van der Waals surface area (Å²) in [5, 5.41) is 14.9. The third kappa shape index (κ3) is 3.06. The smallest absolute Gasteiger partial charge is 0.223 e. The summed E-state index contributed by atoms with van der Waals surface area (Å²) in [5.74, 6) is -0.0437. The van der Waals surface area contributed by atoms with Gasteiger partial charge in [-0.05, 0) is 24.3 Å². The molecule has 4 heteroatoms. The van der Waals surface area contributed by atoms with Crippen molar-refractivity contribution in [2.24, 2.45) is 0 Å². The van der Waals surface area contributed by atoms with Crippen molar-refractivity contribution in [3.05, 3.63) is 22.4 Å². The maximum Gasteiger partial charge on any atom is 0.223 e. The van der Waals surface area contributed by atoms with Gasteiger partial charge in [0.15, 0.2) is 0 Å². The summed E-state index contributed by atoms with van der Waals surface area (Å²) < 4.78 is 0. The Bertz CT molecular complexity index is 342. The molecule has 0 atom stereocenters. The second kappa shape index (κ2) is 4.97. The predicted octanol–water partition coefficient (Wildman–Crippen LogP) is 2.06. The van der Waals surface area contributed by atoms with Gasteiger partial charge in [0.25, 0.3) is 0 Å². The lowest BCUT2D eigenvalue weighted by Gasteiger charge is -2.20. The van der Waals surface area contributed by atoms with E-state index in [9.17, 15) is 9.90 Å². The Morgan fingerprint density at radius 2 is 2.25 bits per heavy atom. The normalized spacial score (nSPS) is 18.6. The minimum atomic E-state index is -0.737. The summed E-state index contributed by atoms with van der Waals surface area (Å²) in [4.78, 5) is 12.8. The number of thiophene rings is 1. The van der Waals surface area contributed by atoms with Gasteiger partial charge in [0, 0.05) is 4.88 Å². The Morgan fingerprint density at radius 3 is 2.88 bits per heavy atom. The number of carbonyl (C=O) groups excluding carboxylic acids is 1. The first-order chi connectivity index (χ1) is 7.68. The Morgan fingerprint density at radius 1 is 1.50 bits per heavy atom. The fourth-order valence-electron chi connectivity index (χ4n) is 2.17. The van der Waals surface area contributed by atoms with Gasteiger partial charge in [-0.2, -0.15) is 0 Å². The minimum Gasteiger partial charge on any atom is -0.389 e. The van der Waals surface area contributed by atoms with E-state index in [0.717, 1.165) is 30.6 Å². The topological polar surface area (TPSA) is 49.3 Å². The lowest BCUT2D eigenvalue weighted by atomic mass is 9.98. The van der Waals surface area contributed by atoms with Crippen LogP contribution in [0.2, 0.25) is 0 Å². The lowest BCUT2D eigenvalue weighted by molar-refractivity contribution is -0.126. The van der Waals surface area contributed by atoms with Crippen LogP contribution >= 0.6 is 11.3 Å². The lowest BCUT2D eigenvalue weighted by Crippen LogP contribution is -2.34. The number of carbonyl (C=O) groups is 1. The van der Waals surface area contributed by atoms with E-state index in [1.807, 2.05) is 17.5 Å². The molecule has 0 saturated heterocycles. The quantitative estimate of drug-likeness (QED) is 0.845. The average molecular weight is 239 g/mol. The Labute approximate surface area is 99.5 Å². The molecule has 0 aromatic carbocycles. The van der Waals surface area contributed by atoms with Crippen molar-refractivity contribution in [1.82, 2.24) is 5.32 Å². The van der Waals surface area contributed by atoms with Gasteiger partial charge in [0.1, 0.15) is 0 Å². The van der Waals surface area contributed by atoms with Crippen molar-refractivity contribution >= 4 is 17.2 Å². The van der Waals surface area contributed by atoms with Crippen LogP contribution in [0.3, 0.4) is 0 Å². The summed E-state index contributed by atoms with van der Waals surface area (Å²) in [6, 6.07) is 3.96. The molecule has 3 nitrogen and oxygen atoms in total. The van der Waals surface area contributed by atoms with E-state index in [-0.39, 0.29) is 12.3 Å². The minimum absolute atomic E-state index is 0.0437. The van der Waals surface area contributed by atoms with Crippen molar-refractivity contribution in [2.45, 2.75) is 44.2 Å². The van der Waals surface area contributed by atoms with Crippen LogP contribution in [0, 0.1) is 0 Å². The number of hydrogen-bond acceptors (Lipinski definition) is 3. The van der Waals surface area contributed by atoms with E-state index in [1.54, 1.807) is 11.3 Å². The summed E-state index contributed by atoms with van der Waals surface area (Å²) in [6.45, 7) is 0.576. The second-order valence-corrected chi connectivity index (χ2v) is 5.50. The SMILES string of the molecule is O=C(CC1(O)CCCC1)NCc1cccs1. The highest BCUT2D eigenvalue weighted by molar-refractivity contribution is 7.09. The molecule has 1 aliphatic rings. The molecule has 0 spiro atoms. The van der Waals surface area contributed by atoms with Crippen molar-refractivity contribution in [2.75, 3.05) is 0 Å². The second-order valence-electron chi connectivity index (χ2n) is 4.46. The zero-order valence-electron chi connectivity index (χ0n) is 9.24. The zero-order valence-corrected chi connectivity index (χ0v) is 10.1. The molecule has 1 aliphatic carbocycles. The molecular formula is C12H17NO2S. The summed E-state index contributed by atoms with van der Waals surface area (Å²) >= 11 is 1.63. The molecule has 1 amide bonds. The zero-order chi connectivity index (χ0) is 11.4. The van der Waals surface area contributed by atoms with Gasteiger partial charge < -0.3 is 10.4 Å². The van der Waals surface area contributed by atoms with Gasteiger partial charge in [0.05, 0.1) is 18.6 Å². The first-order valence-corrected chi connectivity index (χ1v) is 6.57. The van der Waals surface area contributed by atoms with Gasteiger partial charge in [-0.15, -0.1) is 11.3 Å². The number of hydrogen-bond donors (Lipinski definition) is 2. The molecule has 1 saturated carbocycles. The molecule has 16 heavy (non-hydrogen) atoms. The van der Waals surface area contributed by atoms with Crippen LogP contribution in [0.1, 0.15) is 37.0 Å². The molecule has 1 aromatic rings. The van der Waals surface area contributed by atoms with Gasteiger partial charge in [-0.25, -0.2) is 0 Å². The van der Waals surface area contributed by atoms with Crippen LogP contribution in [0.15, 0.2) is 17.5 Å². The van der Waals surface area contributed by atoms with Gasteiger partial charge in [-0.1, -0.05) is 18.9 Å². The summed E-state index contributed by atoms with van der Waals surface area (Å²) in [5.41, 5.74) is -0.737. The van der Waals surface area contributed by atoms with Crippen LogP contribution in [-0.4, -0.2) is 16.6 Å². The van der Waals surface area contributed by atoms with Crippen LogP contribution in [-0.2, 0) is 11.3 Å². The molecule has 1 aromatic heterocycles. The number of nitrogens with one attached hydrogen (secondary N) is 1. The number of amides is 1. The first-order valence-electron chi connectivity index (χ1n) is 5.69. The van der Waals surface area contributed by atoms with E-state index < -0.39 is 5.60 Å². The summed E-state index contributed by atoms with van der Waals surface area (Å²) in [6.07, 6.45) is 3.85. The van der Waals surface area contributed by atoms with Gasteiger partial charge in [-0.3, -0.25) is 4.79 Å². The Kier molecular flexibility index (Phi) is 3.61. The van der Waals surface area contributed by atoms with Crippen LogP contribution < -0.4 is 5.32 Å². The summed E-state index contributed by atoms with van der Waals surface area (Å²) in [7, 11) is 0. The fraction of sp³-hybridized carbons (Fsp3) is 0.583. The van der Waals surface area contributed by atoms with Crippen LogP contribution in [0.4, 0.5) is 0 Å².